The smallest absolute Gasteiger partial charge is 0.0414 e. The Morgan fingerprint density at radius 2 is 1.75 bits per heavy atom. The van der Waals surface area contributed by atoms with Crippen LogP contribution in [0.4, 0.5) is 5.69 Å². The van der Waals surface area contributed by atoms with Gasteiger partial charge < -0.3 is 20.9 Å². The monoisotopic (exact) mass is 426 g/mol. The highest BCUT2D eigenvalue weighted by atomic mass is 15.1. The first kappa shape index (κ1) is 23.2. The van der Waals surface area contributed by atoms with Crippen LogP contribution in [0.1, 0.15) is 27.8 Å². The summed E-state index contributed by atoms with van der Waals surface area (Å²) in [6, 6.07) is 12.8. The number of fused-ring (bicyclic) bond motifs is 1. The number of likely N-dealkylation sites (N-methyl/N-ethyl adjacent to an activating group) is 1. The Morgan fingerprint density at radius 1 is 1.00 bits per heavy atom. The van der Waals surface area contributed by atoms with Crippen molar-refractivity contribution in [2.75, 3.05) is 26.0 Å². The maximum Gasteiger partial charge on any atom is 0.0414 e. The first-order chi connectivity index (χ1) is 15.2. The molecule has 1 heterocycles. The molecule has 0 saturated heterocycles. The number of aryl methyl sites for hydroxylation is 2. The molecule has 1 aliphatic rings. The molecule has 0 saturated carbocycles. The van der Waals surface area contributed by atoms with E-state index >= 15 is 0 Å². The maximum atomic E-state index is 4.18. The number of anilines is 1. The second-order valence-electron chi connectivity index (χ2n) is 8.66. The van der Waals surface area contributed by atoms with E-state index in [1.165, 1.54) is 11.1 Å². The van der Waals surface area contributed by atoms with Crippen LogP contribution in [0.15, 0.2) is 85.9 Å². The van der Waals surface area contributed by atoms with Crippen molar-refractivity contribution < 1.29 is 0 Å². The SMILES string of the molecule is C=C(CN(C)C)C(=C)Nc1ccc(CN/C=C2\C(=C)NC(=C)c3ccc(C)cc32)cc1C. The van der Waals surface area contributed by atoms with E-state index in [1.807, 2.05) is 20.3 Å². The van der Waals surface area contributed by atoms with Gasteiger partial charge in [0.2, 0.25) is 0 Å². The number of hydrogen-bond donors (Lipinski definition) is 3. The topological polar surface area (TPSA) is 39.3 Å². The molecule has 2 aromatic carbocycles. The van der Waals surface area contributed by atoms with Gasteiger partial charge in [-0.15, -0.1) is 0 Å². The molecule has 4 nitrogen and oxygen atoms in total. The van der Waals surface area contributed by atoms with Crippen molar-refractivity contribution in [2.45, 2.75) is 20.4 Å². The molecule has 4 heteroatoms. The van der Waals surface area contributed by atoms with Gasteiger partial charge in [0.05, 0.1) is 0 Å². The van der Waals surface area contributed by atoms with Crippen molar-refractivity contribution in [1.29, 1.82) is 0 Å². The first-order valence-corrected chi connectivity index (χ1v) is 10.7. The summed E-state index contributed by atoms with van der Waals surface area (Å²) in [5, 5.41) is 10.1. The zero-order valence-electron chi connectivity index (χ0n) is 19.7. The molecule has 166 valence electrons. The molecule has 0 spiro atoms. The fraction of sp³-hybridized carbons (Fsp3) is 0.214. The third-order valence-corrected chi connectivity index (χ3v) is 5.48. The van der Waals surface area contributed by atoms with Gasteiger partial charge in [-0.05, 0) is 56.3 Å². The lowest BCUT2D eigenvalue weighted by Gasteiger charge is -2.25. The highest BCUT2D eigenvalue weighted by Crippen LogP contribution is 2.33. The quantitative estimate of drug-likeness (QED) is 0.483. The third kappa shape index (κ3) is 5.40. The number of nitrogens with zero attached hydrogens (tertiary/aromatic N) is 1. The molecule has 0 amide bonds. The standard InChI is InChI=1S/C28H34N4/c1-18-9-11-25-22(5)30-23(6)27(26(25)13-18)16-29-15-24-10-12-28(19(2)14-24)31-21(4)20(3)17-32(7)8/h9-14,16,29-31H,3-6,15,17H2,1-2,7-8H3/b27-16+. The van der Waals surface area contributed by atoms with E-state index in [0.717, 1.165) is 57.2 Å². The highest BCUT2D eigenvalue weighted by Gasteiger charge is 2.19. The van der Waals surface area contributed by atoms with Crippen molar-refractivity contribution in [3.63, 3.8) is 0 Å². The van der Waals surface area contributed by atoms with Crippen LogP contribution in [0.25, 0.3) is 11.3 Å². The van der Waals surface area contributed by atoms with Gasteiger partial charge in [0.25, 0.3) is 0 Å². The van der Waals surface area contributed by atoms with Gasteiger partial charge in [0.1, 0.15) is 0 Å². The third-order valence-electron chi connectivity index (χ3n) is 5.48. The molecule has 0 bridgehead atoms. The summed E-state index contributed by atoms with van der Waals surface area (Å²) < 4.78 is 0. The Labute approximate surface area is 192 Å². The van der Waals surface area contributed by atoms with E-state index in [2.05, 4.69) is 97.4 Å². The molecule has 1 aliphatic heterocycles. The molecule has 0 radical (unpaired) electrons. The molecule has 32 heavy (non-hydrogen) atoms. The average molecular weight is 427 g/mol. The van der Waals surface area contributed by atoms with E-state index in [-0.39, 0.29) is 0 Å². The summed E-state index contributed by atoms with van der Waals surface area (Å²) >= 11 is 0. The molecule has 3 N–H and O–H groups in total. The number of allylic oxidation sites excluding steroid dienone is 1. The Bertz CT molecular complexity index is 1120. The van der Waals surface area contributed by atoms with E-state index in [0.29, 0.717) is 6.54 Å². The van der Waals surface area contributed by atoms with Crippen LogP contribution in [0.5, 0.6) is 0 Å². The van der Waals surface area contributed by atoms with Crippen molar-refractivity contribution >= 4 is 17.0 Å². The molecular weight excluding hydrogens is 392 g/mol. The van der Waals surface area contributed by atoms with Crippen molar-refractivity contribution in [3.8, 4) is 0 Å². The molecule has 0 unspecified atom stereocenters. The second kappa shape index (κ2) is 9.75. The van der Waals surface area contributed by atoms with Gasteiger partial charge in [-0.2, -0.15) is 0 Å². The maximum absolute atomic E-state index is 4.18. The van der Waals surface area contributed by atoms with E-state index in [4.69, 9.17) is 0 Å². The van der Waals surface area contributed by atoms with E-state index in [1.54, 1.807) is 0 Å². The van der Waals surface area contributed by atoms with Crippen molar-refractivity contribution in [3.05, 3.63) is 114 Å². The van der Waals surface area contributed by atoms with Gasteiger partial charge in [-0.1, -0.05) is 62.2 Å². The summed E-state index contributed by atoms with van der Waals surface area (Å²) in [6.45, 7) is 22.2. The average Bonchev–Trinajstić information content (AvgIpc) is 2.71. The lowest BCUT2D eigenvalue weighted by atomic mass is 9.91. The molecular formula is C28H34N4. The number of nitrogens with one attached hydrogen (secondary N) is 3. The van der Waals surface area contributed by atoms with Crippen LogP contribution >= 0.6 is 0 Å². The van der Waals surface area contributed by atoms with Gasteiger partial charge in [0.15, 0.2) is 0 Å². The zero-order chi connectivity index (χ0) is 23.4. The Balaban J connectivity index is 1.69. The summed E-state index contributed by atoms with van der Waals surface area (Å²) in [5.41, 5.74) is 11.5. The van der Waals surface area contributed by atoms with E-state index in [9.17, 15) is 0 Å². The van der Waals surface area contributed by atoms with Gasteiger partial charge in [0, 0.05) is 53.2 Å². The lowest BCUT2D eigenvalue weighted by Crippen LogP contribution is -2.20. The second-order valence-corrected chi connectivity index (χ2v) is 8.66. The lowest BCUT2D eigenvalue weighted by molar-refractivity contribution is 0.448. The zero-order valence-corrected chi connectivity index (χ0v) is 19.7. The van der Waals surface area contributed by atoms with Crippen LogP contribution in [-0.2, 0) is 6.54 Å². The molecule has 0 fully saturated rings. The van der Waals surface area contributed by atoms with Crippen molar-refractivity contribution in [1.82, 2.24) is 15.5 Å². The Kier molecular flexibility index (Phi) is 7.06. The molecule has 2 aromatic rings. The minimum Gasteiger partial charge on any atom is -0.386 e. The molecule has 0 aromatic heterocycles. The number of rotatable bonds is 8. The van der Waals surface area contributed by atoms with Crippen molar-refractivity contribution in [2.24, 2.45) is 0 Å². The fourth-order valence-electron chi connectivity index (χ4n) is 3.76. The molecule has 0 aliphatic carbocycles. The minimum absolute atomic E-state index is 0.717. The predicted octanol–water partition coefficient (Wildman–Crippen LogP) is 5.57. The first-order valence-electron chi connectivity index (χ1n) is 10.7. The van der Waals surface area contributed by atoms with Crippen LogP contribution in [0.3, 0.4) is 0 Å². The van der Waals surface area contributed by atoms with Gasteiger partial charge in [-0.25, -0.2) is 0 Å². The Morgan fingerprint density at radius 3 is 2.44 bits per heavy atom. The summed E-state index contributed by atoms with van der Waals surface area (Å²) in [7, 11) is 4.05. The normalized spacial score (nSPS) is 14.2. The summed E-state index contributed by atoms with van der Waals surface area (Å²) in [6.07, 6.45) is 2.04. The highest BCUT2D eigenvalue weighted by molar-refractivity contribution is 5.91. The summed E-state index contributed by atoms with van der Waals surface area (Å²) in [4.78, 5) is 2.08. The van der Waals surface area contributed by atoms with Crippen LogP contribution in [-0.4, -0.2) is 25.5 Å². The van der Waals surface area contributed by atoms with Gasteiger partial charge in [-0.3, -0.25) is 0 Å². The predicted molar refractivity (Wildman–Crippen MR) is 139 cm³/mol. The summed E-state index contributed by atoms with van der Waals surface area (Å²) in [5.74, 6) is 0. The number of hydrogen-bond acceptors (Lipinski definition) is 4. The number of benzene rings is 2. The van der Waals surface area contributed by atoms with Crippen LogP contribution < -0.4 is 16.0 Å². The molecule has 3 rings (SSSR count). The fourth-order valence-corrected chi connectivity index (χ4v) is 3.76. The Hall–Kier alpha value is -3.50. The van der Waals surface area contributed by atoms with Crippen LogP contribution in [0, 0.1) is 13.8 Å². The molecule has 0 atom stereocenters. The van der Waals surface area contributed by atoms with Gasteiger partial charge >= 0.3 is 0 Å². The van der Waals surface area contributed by atoms with E-state index < -0.39 is 0 Å². The largest absolute Gasteiger partial charge is 0.386 e. The van der Waals surface area contributed by atoms with Crippen LogP contribution in [0.2, 0.25) is 0 Å². The minimum atomic E-state index is 0.717.